The highest BCUT2D eigenvalue weighted by atomic mass is 35.5. The molecule has 210 valence electrons. The van der Waals surface area contributed by atoms with Crippen molar-refractivity contribution >= 4 is 17.6 Å². The zero-order valence-corrected chi connectivity index (χ0v) is 23.2. The average molecular weight is 551 g/mol. The Balaban J connectivity index is 2.03. The quantitative estimate of drug-likeness (QED) is 0.117. The maximum atomic E-state index is 10.8. The Kier molecular flexibility index (Phi) is 15.3. The fraction of sp³-hybridized carbons (Fsp3) is 0.483. The van der Waals surface area contributed by atoms with Crippen LogP contribution in [-0.4, -0.2) is 58.0 Å². The van der Waals surface area contributed by atoms with E-state index in [9.17, 15) is 4.79 Å². The van der Waals surface area contributed by atoms with Gasteiger partial charge in [0.25, 0.3) is 0 Å². The molecule has 2 aromatic rings. The first-order chi connectivity index (χ1) is 18.5. The Morgan fingerprint density at radius 2 is 1.76 bits per heavy atom. The van der Waals surface area contributed by atoms with Gasteiger partial charge >= 0.3 is 5.97 Å². The van der Waals surface area contributed by atoms with E-state index in [-0.39, 0.29) is 12.9 Å². The van der Waals surface area contributed by atoms with Gasteiger partial charge in [0.05, 0.1) is 37.6 Å². The van der Waals surface area contributed by atoms with Gasteiger partial charge in [0.15, 0.2) is 18.3 Å². The van der Waals surface area contributed by atoms with Crippen molar-refractivity contribution in [3.05, 3.63) is 64.7 Å². The summed E-state index contributed by atoms with van der Waals surface area (Å²) in [6, 6.07) is 11.3. The lowest BCUT2D eigenvalue weighted by atomic mass is 10.1. The van der Waals surface area contributed by atoms with Crippen molar-refractivity contribution in [3.63, 3.8) is 0 Å². The van der Waals surface area contributed by atoms with Gasteiger partial charge in [-0.1, -0.05) is 43.2 Å². The van der Waals surface area contributed by atoms with Crippen LogP contribution in [0.25, 0.3) is 0 Å². The molecule has 38 heavy (non-hydrogen) atoms. The van der Waals surface area contributed by atoms with E-state index in [0.717, 1.165) is 30.0 Å². The fourth-order valence-electron chi connectivity index (χ4n) is 3.48. The van der Waals surface area contributed by atoms with E-state index in [1.165, 1.54) is 0 Å². The fourth-order valence-corrected chi connectivity index (χ4v) is 3.74. The van der Waals surface area contributed by atoms with Crippen molar-refractivity contribution in [2.45, 2.75) is 45.6 Å². The van der Waals surface area contributed by atoms with Crippen LogP contribution in [0.1, 0.15) is 50.3 Å². The first-order valence-corrected chi connectivity index (χ1v) is 13.2. The molecule has 0 spiro atoms. The molecule has 0 fully saturated rings. The van der Waals surface area contributed by atoms with Crippen LogP contribution >= 0.6 is 11.6 Å². The molecule has 2 aromatic carbocycles. The molecule has 0 saturated heterocycles. The number of carbonyl (C=O) groups is 1. The predicted octanol–water partition coefficient (Wildman–Crippen LogP) is 6.25. The molecular weight excluding hydrogens is 512 g/mol. The first-order valence-electron chi connectivity index (χ1n) is 12.9. The summed E-state index contributed by atoms with van der Waals surface area (Å²) >= 11 is 6.37. The topological polar surface area (TPSA) is 92.7 Å². The van der Waals surface area contributed by atoms with Gasteiger partial charge in [-0.2, -0.15) is 0 Å². The van der Waals surface area contributed by atoms with Crippen molar-refractivity contribution in [3.8, 4) is 17.2 Å². The van der Waals surface area contributed by atoms with E-state index in [4.69, 9.17) is 45.1 Å². The Bertz CT molecular complexity index is 995. The number of carboxylic acid groups (broad SMARTS) is 1. The molecule has 0 bridgehead atoms. The van der Waals surface area contributed by atoms with Crippen molar-refractivity contribution in [1.29, 1.82) is 0 Å². The molecule has 1 unspecified atom stereocenters. The summed E-state index contributed by atoms with van der Waals surface area (Å²) in [5.74, 6) is 0.847. The molecule has 0 radical (unpaired) electrons. The van der Waals surface area contributed by atoms with Crippen LogP contribution in [0, 0.1) is 0 Å². The average Bonchev–Trinajstić information content (AvgIpc) is 2.90. The number of hydrogen-bond acceptors (Lipinski definition) is 7. The number of methoxy groups -OCH3 is 1. The van der Waals surface area contributed by atoms with Crippen LogP contribution in [0.3, 0.4) is 0 Å². The predicted molar refractivity (Wildman–Crippen MR) is 147 cm³/mol. The largest absolute Gasteiger partial charge is 0.490 e. The second-order valence-electron chi connectivity index (χ2n) is 8.35. The van der Waals surface area contributed by atoms with Crippen molar-refractivity contribution < 1.29 is 38.3 Å². The summed E-state index contributed by atoms with van der Waals surface area (Å²) in [7, 11) is 1.61. The number of halogens is 1. The molecule has 0 aliphatic rings. The maximum Gasteiger partial charge on any atom is 0.327 e. The number of rotatable bonds is 20. The molecular formula is C29H39ClO8. The molecule has 0 heterocycles. The number of hydrogen-bond donors (Lipinski definition) is 1. The van der Waals surface area contributed by atoms with E-state index >= 15 is 0 Å². The summed E-state index contributed by atoms with van der Waals surface area (Å²) in [5.41, 5.74) is 1.91. The maximum absolute atomic E-state index is 10.8. The van der Waals surface area contributed by atoms with Gasteiger partial charge in [-0.15, -0.1) is 0 Å². The minimum Gasteiger partial charge on any atom is -0.490 e. The number of aliphatic carboxylic acids is 1. The molecule has 0 aromatic heterocycles. The molecule has 0 aliphatic carbocycles. The van der Waals surface area contributed by atoms with E-state index in [0.29, 0.717) is 68.1 Å². The SMILES string of the molecule is CCCCOc1cc(C(CC=CC(=O)O)OCC)ccc1OCCc1ccc(OCOCCOC)c(Cl)c1. The second-order valence-corrected chi connectivity index (χ2v) is 8.76. The molecule has 9 heteroatoms. The molecule has 8 nitrogen and oxygen atoms in total. The standard InChI is InChI=1S/C29H39ClO8/c1-4-6-15-36-28-20-23(25(35-5-2)8-7-9-29(31)32)11-13-27(28)37-16-14-22-10-12-26(24(30)19-22)38-21-34-18-17-33-3/h7,9-13,19-20,25H,4-6,8,14-18,21H2,1-3H3,(H,31,32). The highest BCUT2D eigenvalue weighted by molar-refractivity contribution is 6.32. The second kappa shape index (κ2) is 18.5. The summed E-state index contributed by atoms with van der Waals surface area (Å²) in [6.45, 7) is 6.56. The minimum absolute atomic E-state index is 0.0995. The summed E-state index contributed by atoms with van der Waals surface area (Å²) in [6.07, 6.45) is 5.45. The third-order valence-electron chi connectivity index (χ3n) is 5.45. The molecule has 0 aliphatic heterocycles. The smallest absolute Gasteiger partial charge is 0.327 e. The van der Waals surface area contributed by atoms with E-state index < -0.39 is 5.97 Å². The normalized spacial score (nSPS) is 12.0. The summed E-state index contributed by atoms with van der Waals surface area (Å²) in [5, 5.41) is 9.40. The first kappa shape index (κ1) is 31.4. The van der Waals surface area contributed by atoms with Crippen molar-refractivity contribution in [1.82, 2.24) is 0 Å². The third kappa shape index (κ3) is 11.7. The van der Waals surface area contributed by atoms with Crippen LogP contribution in [-0.2, 0) is 25.4 Å². The highest BCUT2D eigenvalue weighted by Gasteiger charge is 2.15. The van der Waals surface area contributed by atoms with Crippen LogP contribution in [0.15, 0.2) is 48.6 Å². The molecule has 0 saturated carbocycles. The van der Waals surface area contributed by atoms with Gasteiger partial charge in [0.1, 0.15) is 5.75 Å². The highest BCUT2D eigenvalue weighted by Crippen LogP contribution is 2.34. The van der Waals surface area contributed by atoms with Gasteiger partial charge in [-0.25, -0.2) is 4.79 Å². The summed E-state index contributed by atoms with van der Waals surface area (Å²) in [4.78, 5) is 10.8. The van der Waals surface area contributed by atoms with Gasteiger partial charge in [-0.3, -0.25) is 0 Å². The van der Waals surface area contributed by atoms with Gasteiger partial charge < -0.3 is 33.5 Å². The van der Waals surface area contributed by atoms with E-state index in [1.807, 2.05) is 43.3 Å². The number of benzene rings is 2. The Morgan fingerprint density at radius 1 is 0.974 bits per heavy atom. The van der Waals surface area contributed by atoms with Crippen LogP contribution in [0.2, 0.25) is 5.02 Å². The third-order valence-corrected chi connectivity index (χ3v) is 5.74. The monoisotopic (exact) mass is 550 g/mol. The molecule has 1 N–H and O–H groups in total. The minimum atomic E-state index is -0.983. The lowest BCUT2D eigenvalue weighted by Gasteiger charge is -2.19. The van der Waals surface area contributed by atoms with Gasteiger partial charge in [-0.05, 0) is 55.2 Å². The van der Waals surface area contributed by atoms with E-state index in [1.54, 1.807) is 13.2 Å². The lowest BCUT2D eigenvalue weighted by Crippen LogP contribution is -2.08. The van der Waals surface area contributed by atoms with Crippen LogP contribution in [0.5, 0.6) is 17.2 Å². The Morgan fingerprint density at radius 3 is 2.47 bits per heavy atom. The Labute approximate surface area is 230 Å². The molecule has 2 rings (SSSR count). The number of carboxylic acids is 1. The van der Waals surface area contributed by atoms with Crippen molar-refractivity contribution in [2.24, 2.45) is 0 Å². The summed E-state index contributed by atoms with van der Waals surface area (Å²) < 4.78 is 33.8. The molecule has 0 amide bonds. The number of unbranched alkanes of at least 4 members (excludes halogenated alkanes) is 1. The Hall–Kier alpha value is -2.78. The van der Waals surface area contributed by atoms with Crippen LogP contribution in [0.4, 0.5) is 0 Å². The lowest BCUT2D eigenvalue weighted by molar-refractivity contribution is -0.131. The van der Waals surface area contributed by atoms with E-state index in [2.05, 4.69) is 6.92 Å². The van der Waals surface area contributed by atoms with Crippen LogP contribution < -0.4 is 14.2 Å². The molecule has 1 atom stereocenters. The van der Waals surface area contributed by atoms with Crippen molar-refractivity contribution in [2.75, 3.05) is 46.9 Å². The van der Waals surface area contributed by atoms with Gasteiger partial charge in [0.2, 0.25) is 0 Å². The zero-order chi connectivity index (χ0) is 27.6. The van der Waals surface area contributed by atoms with Gasteiger partial charge in [0, 0.05) is 26.2 Å². The number of ether oxygens (including phenoxy) is 6. The zero-order valence-electron chi connectivity index (χ0n) is 22.5.